The largest absolute Gasteiger partial charge is 0.456 e. The Labute approximate surface area is 222 Å². The van der Waals surface area contributed by atoms with Gasteiger partial charge in [0.05, 0.1) is 19.3 Å². The maximum Gasteiger partial charge on any atom is 0.355 e. The van der Waals surface area contributed by atoms with E-state index in [2.05, 4.69) is 20.6 Å². The van der Waals surface area contributed by atoms with Gasteiger partial charge in [0.25, 0.3) is 0 Å². The Hall–Kier alpha value is -4.48. The number of carbonyl (C=O) groups is 1. The van der Waals surface area contributed by atoms with Crippen LogP contribution in [-0.2, 0) is 17.9 Å². The maximum absolute atomic E-state index is 13.3. The number of anilines is 2. The lowest BCUT2D eigenvalue weighted by Gasteiger charge is -2.16. The van der Waals surface area contributed by atoms with Crippen molar-refractivity contribution in [1.29, 1.82) is 0 Å². The fraction of sp³-hybridized carbons (Fsp3) is 0.192. The Morgan fingerprint density at radius 2 is 1.71 bits per heavy atom. The fourth-order valence-corrected chi connectivity index (χ4v) is 3.58. The number of nitrogens with zero attached hydrogens (tertiary/aromatic N) is 4. The minimum absolute atomic E-state index is 0.000246. The number of halogens is 1. The molecule has 0 radical (unpaired) electrons. The first-order chi connectivity index (χ1) is 18.3. The smallest absolute Gasteiger partial charge is 0.355 e. The van der Waals surface area contributed by atoms with E-state index in [1.807, 2.05) is 19.1 Å². The highest BCUT2D eigenvalue weighted by molar-refractivity contribution is 6.30. The Kier molecular flexibility index (Phi) is 8.51. The van der Waals surface area contributed by atoms with Crippen LogP contribution < -0.4 is 26.7 Å². The van der Waals surface area contributed by atoms with E-state index >= 15 is 0 Å². The summed E-state index contributed by atoms with van der Waals surface area (Å²) in [4.78, 5) is 46.4. The average Bonchev–Trinajstić information content (AvgIpc) is 2.91. The van der Waals surface area contributed by atoms with E-state index in [4.69, 9.17) is 21.4 Å². The minimum Gasteiger partial charge on any atom is -0.456 e. The molecule has 0 fully saturated rings. The van der Waals surface area contributed by atoms with Gasteiger partial charge in [-0.2, -0.15) is 4.98 Å². The number of aryl methyl sites for hydroxylation is 1. The fourth-order valence-electron chi connectivity index (χ4n) is 3.46. The molecule has 38 heavy (non-hydrogen) atoms. The molecule has 0 atom stereocenters. The van der Waals surface area contributed by atoms with Crippen molar-refractivity contribution in [2.75, 3.05) is 18.5 Å². The van der Waals surface area contributed by atoms with Crippen LogP contribution in [-0.4, -0.2) is 43.3 Å². The number of aromatic nitrogens is 4. The summed E-state index contributed by atoms with van der Waals surface area (Å²) >= 11 is 5.99. The number of benzene rings is 2. The molecule has 0 saturated carbocycles. The first-order valence-corrected chi connectivity index (χ1v) is 12.0. The molecule has 4 rings (SSSR count). The van der Waals surface area contributed by atoms with E-state index in [1.165, 1.54) is 4.57 Å². The number of carbonyl (C=O) groups excluding carboxylic acids is 1. The molecule has 2 aromatic heterocycles. The molecular weight excluding hydrogens is 512 g/mol. The van der Waals surface area contributed by atoms with Crippen molar-refractivity contribution in [3.8, 4) is 11.5 Å². The zero-order valence-corrected chi connectivity index (χ0v) is 21.2. The molecule has 1 amide bonds. The highest BCUT2D eigenvalue weighted by Crippen LogP contribution is 2.23. The molecule has 4 aromatic rings. The molecule has 0 saturated heterocycles. The minimum atomic E-state index is -0.893. The van der Waals surface area contributed by atoms with Crippen molar-refractivity contribution >= 4 is 29.1 Å². The van der Waals surface area contributed by atoms with Crippen LogP contribution in [0.3, 0.4) is 0 Å². The van der Waals surface area contributed by atoms with Crippen molar-refractivity contribution < 1.29 is 14.6 Å². The molecule has 11 nitrogen and oxygen atoms in total. The molecule has 0 aliphatic carbocycles. The highest BCUT2D eigenvalue weighted by atomic mass is 35.5. The summed E-state index contributed by atoms with van der Waals surface area (Å²) in [5.41, 5.74) is 0.534. The summed E-state index contributed by atoms with van der Waals surface area (Å²) in [6, 6.07) is 17.4. The molecular formula is C26H25ClN6O5. The van der Waals surface area contributed by atoms with Gasteiger partial charge in [-0.25, -0.2) is 14.2 Å². The third-order valence-corrected chi connectivity index (χ3v) is 5.62. The number of ether oxygens (including phenoxy) is 1. The lowest BCUT2D eigenvalue weighted by atomic mass is 10.2. The van der Waals surface area contributed by atoms with Gasteiger partial charge in [0, 0.05) is 22.9 Å². The zero-order valence-electron chi connectivity index (χ0n) is 20.4. The topological polar surface area (TPSA) is 140 Å². The van der Waals surface area contributed by atoms with Crippen LogP contribution in [0.15, 0.2) is 76.4 Å². The standard InChI is InChI=1S/C26H25ClN6O5/c1-17-2-9-22(14-29-17)38-21-10-7-20(8-11-21)30-24-31-25(36)33(16-23(35)28-12-13-34)26(37)32(24)15-18-3-5-19(27)6-4-18/h2-11,14,34H,12-13,15-16H2,1H3,(H,28,35)(H,30,31,36). The summed E-state index contributed by atoms with van der Waals surface area (Å²) in [6.45, 7) is 1.14. The van der Waals surface area contributed by atoms with E-state index in [9.17, 15) is 14.4 Å². The molecule has 196 valence electrons. The van der Waals surface area contributed by atoms with E-state index in [-0.39, 0.29) is 25.6 Å². The van der Waals surface area contributed by atoms with Crippen LogP contribution in [0.4, 0.5) is 11.6 Å². The predicted octanol–water partition coefficient (Wildman–Crippen LogP) is 2.45. The second-order valence-corrected chi connectivity index (χ2v) is 8.70. The van der Waals surface area contributed by atoms with Gasteiger partial charge >= 0.3 is 11.4 Å². The number of amides is 1. The first kappa shape index (κ1) is 26.6. The number of pyridine rings is 1. The SMILES string of the molecule is Cc1ccc(Oc2ccc(Nc3nc(=O)n(CC(=O)NCCO)c(=O)n3Cc3ccc(Cl)cc3)cc2)cn1. The van der Waals surface area contributed by atoms with Gasteiger partial charge in [0.15, 0.2) is 0 Å². The third-order valence-electron chi connectivity index (χ3n) is 5.37. The molecule has 3 N–H and O–H groups in total. The second-order valence-electron chi connectivity index (χ2n) is 8.26. The lowest BCUT2D eigenvalue weighted by molar-refractivity contribution is -0.121. The van der Waals surface area contributed by atoms with Crippen molar-refractivity contribution in [3.05, 3.63) is 104 Å². The molecule has 2 heterocycles. The van der Waals surface area contributed by atoms with Crippen molar-refractivity contribution in [3.63, 3.8) is 0 Å². The van der Waals surface area contributed by atoms with Gasteiger partial charge < -0.3 is 20.5 Å². The lowest BCUT2D eigenvalue weighted by Crippen LogP contribution is -2.46. The van der Waals surface area contributed by atoms with Crippen LogP contribution in [0.25, 0.3) is 0 Å². The van der Waals surface area contributed by atoms with Crippen LogP contribution in [0.2, 0.25) is 5.02 Å². The number of rotatable bonds is 10. The number of hydrogen-bond acceptors (Lipinski definition) is 8. The van der Waals surface area contributed by atoms with Crippen LogP contribution in [0, 0.1) is 6.92 Å². The monoisotopic (exact) mass is 536 g/mol. The number of aliphatic hydroxyl groups is 1. The van der Waals surface area contributed by atoms with E-state index in [1.54, 1.807) is 54.7 Å². The summed E-state index contributed by atoms with van der Waals surface area (Å²) in [5, 5.41) is 14.9. The zero-order chi connectivity index (χ0) is 27.1. The van der Waals surface area contributed by atoms with Crippen LogP contribution >= 0.6 is 11.6 Å². The quantitative estimate of drug-likeness (QED) is 0.281. The van der Waals surface area contributed by atoms with E-state index < -0.39 is 23.8 Å². The Balaban J connectivity index is 1.62. The summed E-state index contributed by atoms with van der Waals surface area (Å²) in [6.07, 6.45) is 1.62. The van der Waals surface area contributed by atoms with Gasteiger partial charge in [0.2, 0.25) is 11.9 Å². The Morgan fingerprint density at radius 3 is 2.37 bits per heavy atom. The van der Waals surface area contributed by atoms with E-state index in [0.717, 1.165) is 15.8 Å². The summed E-state index contributed by atoms with van der Waals surface area (Å²) < 4.78 is 7.78. The molecule has 2 aromatic carbocycles. The summed E-state index contributed by atoms with van der Waals surface area (Å²) in [7, 11) is 0. The first-order valence-electron chi connectivity index (χ1n) is 11.6. The molecule has 0 aliphatic rings. The number of hydrogen-bond donors (Lipinski definition) is 3. The van der Waals surface area contributed by atoms with E-state index in [0.29, 0.717) is 22.2 Å². The predicted molar refractivity (Wildman–Crippen MR) is 142 cm³/mol. The van der Waals surface area contributed by atoms with Gasteiger partial charge in [-0.05, 0) is 61.0 Å². The molecule has 0 aliphatic heterocycles. The number of aliphatic hydroxyl groups excluding tert-OH is 1. The maximum atomic E-state index is 13.3. The average molecular weight is 537 g/mol. The van der Waals surface area contributed by atoms with Gasteiger partial charge in [-0.3, -0.25) is 14.3 Å². The van der Waals surface area contributed by atoms with Crippen molar-refractivity contribution in [2.24, 2.45) is 0 Å². The molecule has 12 heteroatoms. The van der Waals surface area contributed by atoms with Crippen LogP contribution in [0.1, 0.15) is 11.3 Å². The molecule has 0 bridgehead atoms. The highest BCUT2D eigenvalue weighted by Gasteiger charge is 2.16. The third kappa shape index (κ3) is 6.84. The Morgan fingerprint density at radius 1 is 1.00 bits per heavy atom. The van der Waals surface area contributed by atoms with Crippen molar-refractivity contribution in [2.45, 2.75) is 20.0 Å². The number of nitrogens with one attached hydrogen (secondary N) is 2. The molecule has 0 spiro atoms. The molecule has 0 unspecified atom stereocenters. The van der Waals surface area contributed by atoms with Gasteiger partial charge in [-0.1, -0.05) is 23.7 Å². The normalized spacial score (nSPS) is 10.7. The second kappa shape index (κ2) is 12.2. The Bertz CT molecular complexity index is 1520. The van der Waals surface area contributed by atoms with Crippen LogP contribution in [0.5, 0.6) is 11.5 Å². The van der Waals surface area contributed by atoms with Gasteiger partial charge in [0.1, 0.15) is 18.0 Å². The van der Waals surface area contributed by atoms with Crippen molar-refractivity contribution in [1.82, 2.24) is 24.4 Å². The summed E-state index contributed by atoms with van der Waals surface area (Å²) in [5.74, 6) is 0.551. The van der Waals surface area contributed by atoms with Gasteiger partial charge in [-0.15, -0.1) is 0 Å².